The topological polar surface area (TPSA) is 75.7 Å². The van der Waals surface area contributed by atoms with E-state index in [1.54, 1.807) is 0 Å². The molecular weight excluding hydrogens is 371 g/mol. The summed E-state index contributed by atoms with van der Waals surface area (Å²) in [6.07, 6.45) is 0.680. The Hall–Kier alpha value is -1.51. The third kappa shape index (κ3) is 5.73. The highest BCUT2D eigenvalue weighted by Gasteiger charge is 2.30. The second-order valence-electron chi connectivity index (χ2n) is 8.73. The van der Waals surface area contributed by atoms with E-state index in [9.17, 15) is 17.6 Å². The van der Waals surface area contributed by atoms with Gasteiger partial charge in [-0.3, -0.25) is 4.79 Å². The van der Waals surface area contributed by atoms with Crippen LogP contribution in [-0.4, -0.2) is 50.5 Å². The molecule has 1 N–H and O–H groups in total. The van der Waals surface area contributed by atoms with E-state index in [-0.39, 0.29) is 29.0 Å². The molecule has 1 saturated heterocycles. The number of nitrogens with one attached hydrogen (secondary N) is 1. The Kier molecular flexibility index (Phi) is 6.33. The number of hydrogen-bond acceptors (Lipinski definition) is 4. The fourth-order valence-corrected chi connectivity index (χ4v) is 4.95. The molecule has 27 heavy (non-hydrogen) atoms. The van der Waals surface area contributed by atoms with Gasteiger partial charge in [0.25, 0.3) is 5.91 Å². The van der Waals surface area contributed by atoms with Crippen LogP contribution >= 0.6 is 0 Å². The summed E-state index contributed by atoms with van der Waals surface area (Å²) in [5.41, 5.74) is -0.871. The van der Waals surface area contributed by atoms with Gasteiger partial charge >= 0.3 is 0 Å². The van der Waals surface area contributed by atoms with E-state index < -0.39 is 27.3 Å². The molecule has 0 bridgehead atoms. The lowest BCUT2D eigenvalue weighted by Crippen LogP contribution is -2.46. The zero-order valence-corrected chi connectivity index (χ0v) is 17.5. The Morgan fingerprint density at radius 1 is 1.19 bits per heavy atom. The largest absolute Gasteiger partial charge is 0.379 e. The highest BCUT2D eigenvalue weighted by molar-refractivity contribution is 7.89. The predicted molar refractivity (Wildman–Crippen MR) is 102 cm³/mol. The van der Waals surface area contributed by atoms with Crippen LogP contribution < -0.4 is 5.32 Å². The number of sulfonamides is 1. The Morgan fingerprint density at radius 2 is 1.78 bits per heavy atom. The molecule has 1 fully saturated rings. The summed E-state index contributed by atoms with van der Waals surface area (Å²) in [7, 11) is -3.80. The minimum Gasteiger partial charge on any atom is -0.379 e. The maximum absolute atomic E-state index is 14.3. The smallest absolute Gasteiger partial charge is 0.254 e. The molecule has 152 valence electrons. The average Bonchev–Trinajstić information content (AvgIpc) is 2.53. The molecule has 1 amide bonds. The molecule has 1 heterocycles. The van der Waals surface area contributed by atoms with E-state index >= 15 is 0 Å². The minimum atomic E-state index is -3.80. The van der Waals surface area contributed by atoms with Gasteiger partial charge in [0, 0.05) is 18.6 Å². The molecular formula is C19H29FN2O4S. The number of morpholine rings is 1. The van der Waals surface area contributed by atoms with Crippen molar-refractivity contribution in [2.45, 2.75) is 51.5 Å². The van der Waals surface area contributed by atoms with Crippen molar-refractivity contribution in [2.75, 3.05) is 26.3 Å². The van der Waals surface area contributed by atoms with Crippen molar-refractivity contribution in [1.29, 1.82) is 0 Å². The molecule has 8 heteroatoms. The quantitative estimate of drug-likeness (QED) is 0.825. The Bertz CT molecular complexity index is 794. The number of hydrogen-bond donors (Lipinski definition) is 1. The lowest BCUT2D eigenvalue weighted by molar-refractivity contribution is 0.0730. The zero-order chi connectivity index (χ0) is 20.5. The number of ether oxygens (including phenoxy) is 1. The highest BCUT2D eigenvalue weighted by Crippen LogP contribution is 2.27. The molecule has 1 aliphatic heterocycles. The first-order chi connectivity index (χ1) is 12.3. The van der Waals surface area contributed by atoms with Crippen molar-refractivity contribution in [3.63, 3.8) is 0 Å². The first-order valence-electron chi connectivity index (χ1n) is 9.02. The average molecular weight is 401 g/mol. The fourth-order valence-electron chi connectivity index (χ4n) is 3.52. The summed E-state index contributed by atoms with van der Waals surface area (Å²) in [6.45, 7) is 11.0. The van der Waals surface area contributed by atoms with Crippen LogP contribution in [0.2, 0.25) is 0 Å². The molecule has 1 aromatic carbocycles. The first-order valence-corrected chi connectivity index (χ1v) is 10.5. The molecule has 0 spiro atoms. The molecule has 1 aromatic rings. The Balaban J connectivity index is 2.27. The number of carbonyl (C=O) groups excluding carboxylic acids is 1. The summed E-state index contributed by atoms with van der Waals surface area (Å²) in [6, 6.07) is 3.33. The second-order valence-corrected chi connectivity index (χ2v) is 10.7. The first kappa shape index (κ1) is 21.8. The molecule has 6 nitrogen and oxygen atoms in total. The SMILES string of the molecule is CC(C)(C)CC(C)(C)NC(=O)c1cc(S(=O)(=O)N2CCOCC2)ccc1F. The third-order valence-electron chi connectivity index (χ3n) is 4.21. The van der Waals surface area contributed by atoms with Crippen LogP contribution in [0.1, 0.15) is 51.4 Å². The zero-order valence-electron chi connectivity index (χ0n) is 16.6. The van der Waals surface area contributed by atoms with Crippen LogP contribution in [0.5, 0.6) is 0 Å². The molecule has 0 saturated carbocycles. The van der Waals surface area contributed by atoms with Gasteiger partial charge in [-0.15, -0.1) is 0 Å². The van der Waals surface area contributed by atoms with Gasteiger partial charge in [0.2, 0.25) is 10.0 Å². The number of rotatable bonds is 5. The molecule has 0 atom stereocenters. The van der Waals surface area contributed by atoms with Gasteiger partial charge in [-0.2, -0.15) is 4.31 Å². The highest BCUT2D eigenvalue weighted by atomic mass is 32.2. The number of carbonyl (C=O) groups is 1. The van der Waals surface area contributed by atoms with Crippen LogP contribution in [0, 0.1) is 11.2 Å². The van der Waals surface area contributed by atoms with E-state index in [4.69, 9.17) is 4.74 Å². The lowest BCUT2D eigenvalue weighted by atomic mass is 9.81. The number of benzene rings is 1. The van der Waals surface area contributed by atoms with Crippen LogP contribution in [-0.2, 0) is 14.8 Å². The summed E-state index contributed by atoms with van der Waals surface area (Å²) in [5, 5.41) is 2.82. The maximum atomic E-state index is 14.3. The second kappa shape index (κ2) is 7.85. The van der Waals surface area contributed by atoms with Crippen LogP contribution in [0.25, 0.3) is 0 Å². The van der Waals surface area contributed by atoms with Crippen molar-refractivity contribution in [2.24, 2.45) is 5.41 Å². The number of amides is 1. The van der Waals surface area contributed by atoms with E-state index in [0.717, 1.165) is 12.1 Å². The van der Waals surface area contributed by atoms with E-state index in [1.807, 2.05) is 13.8 Å². The van der Waals surface area contributed by atoms with Gasteiger partial charge in [0.05, 0.1) is 23.7 Å². The van der Waals surface area contributed by atoms with Gasteiger partial charge in [0.1, 0.15) is 5.82 Å². The molecule has 0 aliphatic carbocycles. The van der Waals surface area contributed by atoms with E-state index in [0.29, 0.717) is 19.6 Å². The Labute approximate surface area is 161 Å². The van der Waals surface area contributed by atoms with Crippen molar-refractivity contribution < 1.29 is 22.3 Å². The van der Waals surface area contributed by atoms with Gasteiger partial charge in [-0.25, -0.2) is 12.8 Å². The number of nitrogens with zero attached hydrogens (tertiary/aromatic N) is 1. The summed E-state index contributed by atoms with van der Waals surface area (Å²) < 4.78 is 46.3. The lowest BCUT2D eigenvalue weighted by Gasteiger charge is -2.33. The van der Waals surface area contributed by atoms with Crippen LogP contribution in [0.15, 0.2) is 23.1 Å². The molecule has 0 radical (unpaired) electrons. The van der Waals surface area contributed by atoms with E-state index in [1.165, 1.54) is 10.4 Å². The van der Waals surface area contributed by atoms with Crippen molar-refractivity contribution in [3.05, 3.63) is 29.6 Å². The summed E-state index contributed by atoms with van der Waals surface area (Å²) >= 11 is 0. The van der Waals surface area contributed by atoms with E-state index in [2.05, 4.69) is 26.1 Å². The van der Waals surface area contributed by atoms with Crippen molar-refractivity contribution >= 4 is 15.9 Å². The standard InChI is InChI=1S/C19H29FN2O4S/c1-18(2,3)13-19(4,5)21-17(23)15-12-14(6-7-16(15)20)27(24,25)22-8-10-26-11-9-22/h6-7,12H,8-11,13H2,1-5H3,(H,21,23). The summed E-state index contributed by atoms with van der Waals surface area (Å²) in [4.78, 5) is 12.5. The molecule has 1 aliphatic rings. The van der Waals surface area contributed by atoms with Crippen LogP contribution in [0.3, 0.4) is 0 Å². The molecule has 0 aromatic heterocycles. The van der Waals surface area contributed by atoms with Gasteiger partial charge in [-0.05, 0) is 43.9 Å². The van der Waals surface area contributed by atoms with Crippen molar-refractivity contribution in [3.8, 4) is 0 Å². The number of halogens is 1. The van der Waals surface area contributed by atoms with Gasteiger partial charge in [0.15, 0.2) is 0 Å². The van der Waals surface area contributed by atoms with Crippen LogP contribution in [0.4, 0.5) is 4.39 Å². The fraction of sp³-hybridized carbons (Fsp3) is 0.632. The maximum Gasteiger partial charge on any atom is 0.254 e. The van der Waals surface area contributed by atoms with Crippen molar-refractivity contribution in [1.82, 2.24) is 9.62 Å². The summed E-state index contributed by atoms with van der Waals surface area (Å²) in [5.74, 6) is -1.37. The third-order valence-corrected chi connectivity index (χ3v) is 6.11. The Morgan fingerprint density at radius 3 is 2.33 bits per heavy atom. The minimum absolute atomic E-state index is 0.0309. The van der Waals surface area contributed by atoms with Gasteiger partial charge < -0.3 is 10.1 Å². The monoisotopic (exact) mass is 400 g/mol. The normalized spacial score (nSPS) is 17.0. The predicted octanol–water partition coefficient (Wildman–Crippen LogP) is 2.79. The molecule has 0 unspecified atom stereocenters. The molecule has 2 rings (SSSR count). The van der Waals surface area contributed by atoms with Gasteiger partial charge in [-0.1, -0.05) is 20.8 Å².